The quantitative estimate of drug-likeness (QED) is 0.792. The van der Waals surface area contributed by atoms with Crippen molar-refractivity contribution in [3.05, 3.63) is 64.1 Å². The van der Waals surface area contributed by atoms with E-state index in [4.69, 9.17) is 4.74 Å². The van der Waals surface area contributed by atoms with Gasteiger partial charge in [-0.25, -0.2) is 18.7 Å². The third-order valence-corrected chi connectivity index (χ3v) is 4.15. The first-order chi connectivity index (χ1) is 11.1. The van der Waals surface area contributed by atoms with Crippen molar-refractivity contribution in [2.45, 2.75) is 6.10 Å². The number of ether oxygens (including phenoxy) is 1. The number of methoxy groups -OCH3 is 1. The van der Waals surface area contributed by atoms with Gasteiger partial charge in [0.25, 0.3) is 0 Å². The lowest BCUT2D eigenvalue weighted by Crippen LogP contribution is -2.00. The molecule has 7 heteroatoms. The number of aromatic nitrogens is 2. The Morgan fingerprint density at radius 3 is 2.65 bits per heavy atom. The molecule has 0 amide bonds. The lowest BCUT2D eigenvalue weighted by atomic mass is 10.1. The summed E-state index contributed by atoms with van der Waals surface area (Å²) in [5.41, 5.74) is 1.66. The van der Waals surface area contributed by atoms with Crippen molar-refractivity contribution in [3.63, 3.8) is 0 Å². The number of pyridine rings is 1. The van der Waals surface area contributed by atoms with Crippen molar-refractivity contribution < 1.29 is 18.6 Å². The molecule has 1 aromatic carbocycles. The number of thiazole rings is 1. The Morgan fingerprint density at radius 1 is 1.17 bits per heavy atom. The van der Waals surface area contributed by atoms with Crippen molar-refractivity contribution in [3.8, 4) is 17.1 Å². The van der Waals surface area contributed by atoms with Crippen LogP contribution in [0.1, 0.15) is 16.7 Å². The molecule has 4 nitrogen and oxygen atoms in total. The molecule has 0 aliphatic rings. The van der Waals surface area contributed by atoms with Crippen molar-refractivity contribution >= 4 is 11.3 Å². The summed E-state index contributed by atoms with van der Waals surface area (Å²) in [6, 6.07) is 6.79. The fourth-order valence-electron chi connectivity index (χ4n) is 2.02. The molecule has 0 aliphatic carbocycles. The van der Waals surface area contributed by atoms with Gasteiger partial charge < -0.3 is 9.84 Å². The third kappa shape index (κ3) is 3.20. The average Bonchev–Trinajstić information content (AvgIpc) is 3.07. The zero-order valence-electron chi connectivity index (χ0n) is 12.0. The van der Waals surface area contributed by atoms with Crippen LogP contribution in [0.4, 0.5) is 8.78 Å². The van der Waals surface area contributed by atoms with E-state index in [2.05, 4.69) is 9.97 Å². The van der Waals surface area contributed by atoms with Gasteiger partial charge in [0, 0.05) is 23.2 Å². The maximum absolute atomic E-state index is 13.3. The Labute approximate surface area is 135 Å². The molecule has 3 aromatic rings. The zero-order chi connectivity index (χ0) is 16.4. The summed E-state index contributed by atoms with van der Waals surface area (Å²) in [6.45, 7) is 0. The first-order valence-electron chi connectivity index (χ1n) is 6.67. The topological polar surface area (TPSA) is 55.2 Å². The Bertz CT molecular complexity index is 821. The van der Waals surface area contributed by atoms with Crippen molar-refractivity contribution in [1.82, 2.24) is 9.97 Å². The third-order valence-electron chi connectivity index (χ3n) is 3.26. The summed E-state index contributed by atoms with van der Waals surface area (Å²) in [7, 11) is 1.53. The molecule has 0 bridgehead atoms. The Morgan fingerprint density at radius 2 is 2.00 bits per heavy atom. The minimum absolute atomic E-state index is 0.248. The molecule has 0 saturated heterocycles. The van der Waals surface area contributed by atoms with Crippen LogP contribution in [0.5, 0.6) is 5.88 Å². The first kappa shape index (κ1) is 15.5. The number of hydrogen-bond donors (Lipinski definition) is 1. The van der Waals surface area contributed by atoms with Gasteiger partial charge in [0.1, 0.15) is 11.1 Å². The van der Waals surface area contributed by atoms with Crippen LogP contribution in [0.15, 0.2) is 41.9 Å². The normalized spacial score (nSPS) is 12.2. The maximum Gasteiger partial charge on any atom is 0.212 e. The van der Waals surface area contributed by atoms with Gasteiger partial charge in [0.2, 0.25) is 5.88 Å². The molecule has 23 heavy (non-hydrogen) atoms. The fourth-order valence-corrected chi connectivity index (χ4v) is 2.86. The van der Waals surface area contributed by atoms with E-state index in [0.717, 1.165) is 17.7 Å². The van der Waals surface area contributed by atoms with E-state index >= 15 is 0 Å². The maximum atomic E-state index is 13.3. The van der Waals surface area contributed by atoms with Crippen LogP contribution >= 0.6 is 11.3 Å². The second kappa shape index (κ2) is 6.39. The van der Waals surface area contributed by atoms with Gasteiger partial charge >= 0.3 is 0 Å². The van der Waals surface area contributed by atoms with E-state index in [1.807, 2.05) is 0 Å². The van der Waals surface area contributed by atoms with E-state index < -0.39 is 17.7 Å². The number of hydrogen-bond acceptors (Lipinski definition) is 5. The smallest absolute Gasteiger partial charge is 0.212 e. The number of halogens is 2. The van der Waals surface area contributed by atoms with Crippen LogP contribution in [0.2, 0.25) is 0 Å². The summed E-state index contributed by atoms with van der Waals surface area (Å²) in [5.74, 6) is -1.46. The predicted octanol–water partition coefficient (Wildman–Crippen LogP) is 3.57. The van der Waals surface area contributed by atoms with Crippen molar-refractivity contribution in [2.24, 2.45) is 0 Å². The van der Waals surface area contributed by atoms with Gasteiger partial charge in [-0.3, -0.25) is 0 Å². The van der Waals surface area contributed by atoms with E-state index in [1.54, 1.807) is 23.7 Å². The van der Waals surface area contributed by atoms with Crippen LogP contribution in [0.25, 0.3) is 11.3 Å². The highest BCUT2D eigenvalue weighted by Gasteiger charge is 2.17. The molecule has 0 fully saturated rings. The van der Waals surface area contributed by atoms with Crippen LogP contribution in [0.3, 0.4) is 0 Å². The molecule has 0 saturated carbocycles. The number of rotatable bonds is 4. The van der Waals surface area contributed by atoms with Gasteiger partial charge in [0.15, 0.2) is 11.6 Å². The Kier molecular flexibility index (Phi) is 4.31. The van der Waals surface area contributed by atoms with Gasteiger partial charge in [-0.05, 0) is 23.8 Å². The summed E-state index contributed by atoms with van der Waals surface area (Å²) in [4.78, 5) is 8.43. The fraction of sp³-hybridized carbons (Fsp3) is 0.125. The van der Waals surface area contributed by atoms with Gasteiger partial charge in [-0.2, -0.15) is 0 Å². The second-order valence-corrected chi connectivity index (χ2v) is 5.63. The molecule has 118 valence electrons. The summed E-state index contributed by atoms with van der Waals surface area (Å²) < 4.78 is 31.2. The van der Waals surface area contributed by atoms with E-state index in [1.165, 1.54) is 24.5 Å². The highest BCUT2D eigenvalue weighted by molar-refractivity contribution is 7.10. The van der Waals surface area contributed by atoms with Crippen LogP contribution < -0.4 is 4.74 Å². The molecule has 1 atom stereocenters. The number of aliphatic hydroxyl groups excluding tert-OH is 1. The highest BCUT2D eigenvalue weighted by Crippen LogP contribution is 2.29. The second-order valence-electron chi connectivity index (χ2n) is 4.74. The lowest BCUT2D eigenvalue weighted by molar-refractivity contribution is 0.219. The lowest BCUT2D eigenvalue weighted by Gasteiger charge is -2.08. The Hall–Kier alpha value is -2.38. The molecule has 0 radical (unpaired) electrons. The molecule has 0 spiro atoms. The van der Waals surface area contributed by atoms with Crippen LogP contribution in [-0.4, -0.2) is 22.2 Å². The van der Waals surface area contributed by atoms with Crippen LogP contribution in [0, 0.1) is 11.6 Å². The van der Waals surface area contributed by atoms with E-state index in [0.29, 0.717) is 16.6 Å². The minimum Gasteiger partial charge on any atom is -0.481 e. The average molecular weight is 334 g/mol. The predicted molar refractivity (Wildman–Crippen MR) is 82.3 cm³/mol. The summed E-state index contributed by atoms with van der Waals surface area (Å²) in [6.07, 6.45) is 0.497. The van der Waals surface area contributed by atoms with E-state index in [9.17, 15) is 13.9 Å². The van der Waals surface area contributed by atoms with Crippen molar-refractivity contribution in [1.29, 1.82) is 0 Å². The number of aliphatic hydroxyl groups is 1. The number of nitrogens with zero attached hydrogens (tertiary/aromatic N) is 2. The molecule has 2 heterocycles. The number of benzene rings is 1. The highest BCUT2D eigenvalue weighted by atomic mass is 32.1. The van der Waals surface area contributed by atoms with Gasteiger partial charge in [-0.15, -0.1) is 11.3 Å². The van der Waals surface area contributed by atoms with Gasteiger partial charge in [0.05, 0.1) is 12.8 Å². The molecule has 1 N–H and O–H groups in total. The van der Waals surface area contributed by atoms with Gasteiger partial charge in [-0.1, -0.05) is 6.07 Å². The molecular weight excluding hydrogens is 322 g/mol. The SMILES string of the molecule is COc1ccc(-c2csc(C(O)c3ccc(F)c(F)c3)n2)cn1. The molecule has 2 aromatic heterocycles. The molecular formula is C16H12F2N2O2S. The summed E-state index contributed by atoms with van der Waals surface area (Å²) >= 11 is 1.23. The van der Waals surface area contributed by atoms with E-state index in [-0.39, 0.29) is 5.56 Å². The largest absolute Gasteiger partial charge is 0.481 e. The Balaban J connectivity index is 1.86. The van der Waals surface area contributed by atoms with Crippen LogP contribution in [-0.2, 0) is 0 Å². The molecule has 3 rings (SSSR count). The monoisotopic (exact) mass is 334 g/mol. The minimum atomic E-state index is -1.12. The molecule has 1 unspecified atom stereocenters. The summed E-state index contributed by atoms with van der Waals surface area (Å²) in [5, 5.41) is 12.4. The molecule has 0 aliphatic heterocycles. The standard InChI is InChI=1S/C16H12F2N2O2S/c1-22-14-5-3-10(7-19-14)13-8-23-16(20-13)15(21)9-2-4-11(17)12(18)6-9/h2-8,15,21H,1H3. The first-order valence-corrected chi connectivity index (χ1v) is 7.55. The van der Waals surface area contributed by atoms with Crippen molar-refractivity contribution in [2.75, 3.05) is 7.11 Å². The zero-order valence-corrected chi connectivity index (χ0v) is 12.8.